The number of ether oxygens (including phenoxy) is 1. The zero-order chi connectivity index (χ0) is 22.7. The molecule has 1 atom stereocenters. The molecule has 32 heavy (non-hydrogen) atoms. The molecule has 0 radical (unpaired) electrons. The molecule has 0 spiro atoms. The molecule has 0 aliphatic carbocycles. The number of carbonyl (C=O) groups excluding carboxylic acids is 1. The Balaban J connectivity index is 1.77. The molecule has 2 heterocycles. The second kappa shape index (κ2) is 9.60. The average Bonchev–Trinajstić information content (AvgIpc) is 3.06. The van der Waals surface area contributed by atoms with Crippen LogP contribution in [0.2, 0.25) is 0 Å². The van der Waals surface area contributed by atoms with Gasteiger partial charge in [0.2, 0.25) is 5.76 Å². The maximum Gasteiger partial charge on any atom is 0.290 e. The van der Waals surface area contributed by atoms with Gasteiger partial charge in [-0.1, -0.05) is 57.9 Å². The van der Waals surface area contributed by atoms with Crippen LogP contribution in [0.5, 0.6) is 5.75 Å². The van der Waals surface area contributed by atoms with Crippen LogP contribution in [0.15, 0.2) is 57.7 Å². The molecule has 1 aliphatic heterocycles. The molecule has 3 aromatic rings. The maximum atomic E-state index is 13.5. The zero-order valence-corrected chi connectivity index (χ0v) is 19.1. The fraction of sp³-hybridized carbons (Fsp3) is 0.407. The smallest absolute Gasteiger partial charge is 0.290 e. The summed E-state index contributed by atoms with van der Waals surface area (Å²) in [5, 5.41) is 0.504. The number of hydrogen-bond acceptors (Lipinski definition) is 4. The third-order valence-electron chi connectivity index (χ3n) is 6.01. The predicted octanol–water partition coefficient (Wildman–Crippen LogP) is 5.95. The van der Waals surface area contributed by atoms with Crippen LogP contribution in [0.25, 0.3) is 11.0 Å². The molecule has 4 rings (SSSR count). The van der Waals surface area contributed by atoms with E-state index in [1.165, 1.54) is 0 Å². The summed E-state index contributed by atoms with van der Waals surface area (Å²) in [7, 11) is 0. The lowest BCUT2D eigenvalue weighted by molar-refractivity contribution is 0.0724. The Morgan fingerprint density at radius 3 is 2.66 bits per heavy atom. The van der Waals surface area contributed by atoms with E-state index in [1.807, 2.05) is 36.4 Å². The maximum absolute atomic E-state index is 13.5. The number of rotatable bonds is 9. The van der Waals surface area contributed by atoms with Crippen LogP contribution in [-0.4, -0.2) is 24.0 Å². The molecule has 1 aromatic heterocycles. The summed E-state index contributed by atoms with van der Waals surface area (Å²) in [6.07, 6.45) is 3.92. The van der Waals surface area contributed by atoms with Gasteiger partial charge in [-0.05, 0) is 48.6 Å². The molecule has 0 bridgehead atoms. The Morgan fingerprint density at radius 1 is 1.06 bits per heavy atom. The molecule has 0 N–H and O–H groups in total. The van der Waals surface area contributed by atoms with Crippen LogP contribution in [0.3, 0.4) is 0 Å². The van der Waals surface area contributed by atoms with E-state index in [-0.39, 0.29) is 17.1 Å². The van der Waals surface area contributed by atoms with Crippen molar-refractivity contribution in [2.24, 2.45) is 5.92 Å². The lowest BCUT2D eigenvalue weighted by Gasteiger charge is -2.25. The fourth-order valence-corrected chi connectivity index (χ4v) is 4.26. The number of para-hydroxylation sites is 1. The van der Waals surface area contributed by atoms with Crippen molar-refractivity contribution in [2.45, 2.75) is 52.5 Å². The summed E-state index contributed by atoms with van der Waals surface area (Å²) >= 11 is 0. The van der Waals surface area contributed by atoms with Gasteiger partial charge in [-0.3, -0.25) is 9.59 Å². The van der Waals surface area contributed by atoms with Crippen molar-refractivity contribution in [1.29, 1.82) is 0 Å². The van der Waals surface area contributed by atoms with Gasteiger partial charge in [-0.2, -0.15) is 0 Å². The highest BCUT2D eigenvalue weighted by atomic mass is 16.5. The van der Waals surface area contributed by atoms with E-state index < -0.39 is 6.04 Å². The number of nitrogens with zero attached hydrogens (tertiary/aromatic N) is 1. The monoisotopic (exact) mass is 433 g/mol. The first-order valence-electron chi connectivity index (χ1n) is 11.6. The molecule has 0 fully saturated rings. The van der Waals surface area contributed by atoms with Crippen molar-refractivity contribution in [3.8, 4) is 5.75 Å². The highest BCUT2D eigenvalue weighted by Crippen LogP contribution is 2.39. The van der Waals surface area contributed by atoms with E-state index in [0.717, 1.165) is 37.0 Å². The number of carbonyl (C=O) groups is 1. The van der Waals surface area contributed by atoms with Gasteiger partial charge in [0.1, 0.15) is 11.3 Å². The van der Waals surface area contributed by atoms with Gasteiger partial charge in [-0.15, -0.1) is 0 Å². The molecular formula is C27H31NO4. The summed E-state index contributed by atoms with van der Waals surface area (Å²) in [6, 6.07) is 14.4. The minimum atomic E-state index is -0.469. The summed E-state index contributed by atoms with van der Waals surface area (Å²) in [5.74, 6) is 1.27. The minimum Gasteiger partial charge on any atom is -0.494 e. The lowest BCUT2D eigenvalue weighted by atomic mass is 9.98. The molecule has 0 saturated carbocycles. The standard InChI is InChI=1S/C27H31NO4/c1-4-5-8-15-28-24(19-10-9-11-20(17-19)31-16-14-18(2)3)23-25(29)21-12-6-7-13-22(21)32-26(23)27(28)30/h6-7,9-13,17-18,24H,4-5,8,14-16H2,1-3H3. The summed E-state index contributed by atoms with van der Waals surface area (Å²) in [4.78, 5) is 28.6. The van der Waals surface area contributed by atoms with Crippen molar-refractivity contribution in [3.05, 3.63) is 75.6 Å². The number of unbranched alkanes of at least 4 members (excludes halogenated alkanes) is 2. The van der Waals surface area contributed by atoms with Gasteiger partial charge < -0.3 is 14.1 Å². The number of amides is 1. The zero-order valence-electron chi connectivity index (χ0n) is 19.1. The topological polar surface area (TPSA) is 59.8 Å². The summed E-state index contributed by atoms with van der Waals surface area (Å²) < 4.78 is 11.9. The van der Waals surface area contributed by atoms with Crippen molar-refractivity contribution < 1.29 is 13.9 Å². The van der Waals surface area contributed by atoms with E-state index in [4.69, 9.17) is 9.15 Å². The molecule has 168 valence electrons. The Labute approximate surface area is 189 Å². The van der Waals surface area contributed by atoms with Crippen LogP contribution in [0, 0.1) is 5.92 Å². The Morgan fingerprint density at radius 2 is 1.88 bits per heavy atom. The SMILES string of the molecule is CCCCCN1C(=O)c2oc3ccccc3c(=O)c2C1c1cccc(OCCC(C)C)c1. The molecular weight excluding hydrogens is 402 g/mol. The Bertz CT molecular complexity index is 1160. The average molecular weight is 434 g/mol. The second-order valence-corrected chi connectivity index (χ2v) is 8.88. The van der Waals surface area contributed by atoms with E-state index in [9.17, 15) is 9.59 Å². The van der Waals surface area contributed by atoms with E-state index in [0.29, 0.717) is 35.6 Å². The van der Waals surface area contributed by atoms with Gasteiger partial charge in [0, 0.05) is 6.54 Å². The van der Waals surface area contributed by atoms with E-state index in [1.54, 1.807) is 17.0 Å². The van der Waals surface area contributed by atoms with Gasteiger partial charge in [0.05, 0.1) is 23.6 Å². The summed E-state index contributed by atoms with van der Waals surface area (Å²) in [6.45, 7) is 7.68. The fourth-order valence-electron chi connectivity index (χ4n) is 4.26. The lowest BCUT2D eigenvalue weighted by Crippen LogP contribution is -2.30. The number of fused-ring (bicyclic) bond motifs is 2. The molecule has 1 unspecified atom stereocenters. The Hall–Kier alpha value is -3.08. The first-order chi connectivity index (χ1) is 15.5. The first kappa shape index (κ1) is 22.1. The second-order valence-electron chi connectivity index (χ2n) is 8.88. The van der Waals surface area contributed by atoms with Crippen molar-refractivity contribution in [1.82, 2.24) is 4.90 Å². The van der Waals surface area contributed by atoms with Crippen LogP contribution < -0.4 is 10.2 Å². The normalized spacial score (nSPS) is 15.6. The Kier molecular flexibility index (Phi) is 6.63. The number of hydrogen-bond donors (Lipinski definition) is 0. The van der Waals surface area contributed by atoms with Crippen LogP contribution in [0.4, 0.5) is 0 Å². The highest BCUT2D eigenvalue weighted by molar-refractivity contribution is 5.99. The van der Waals surface area contributed by atoms with Gasteiger partial charge >= 0.3 is 0 Å². The van der Waals surface area contributed by atoms with Gasteiger partial charge in [0.15, 0.2) is 5.43 Å². The first-order valence-corrected chi connectivity index (χ1v) is 11.6. The van der Waals surface area contributed by atoms with Crippen LogP contribution >= 0.6 is 0 Å². The highest BCUT2D eigenvalue weighted by Gasteiger charge is 2.42. The molecule has 0 saturated heterocycles. The van der Waals surface area contributed by atoms with Gasteiger partial charge in [-0.25, -0.2) is 0 Å². The summed E-state index contributed by atoms with van der Waals surface area (Å²) in [5.41, 5.74) is 1.62. The van der Waals surface area contributed by atoms with Crippen molar-refractivity contribution >= 4 is 16.9 Å². The third-order valence-corrected chi connectivity index (χ3v) is 6.01. The van der Waals surface area contributed by atoms with Gasteiger partial charge in [0.25, 0.3) is 5.91 Å². The molecule has 1 amide bonds. The molecule has 1 aliphatic rings. The van der Waals surface area contributed by atoms with Crippen molar-refractivity contribution in [3.63, 3.8) is 0 Å². The van der Waals surface area contributed by atoms with E-state index in [2.05, 4.69) is 20.8 Å². The molecule has 2 aromatic carbocycles. The minimum absolute atomic E-state index is 0.135. The van der Waals surface area contributed by atoms with Crippen molar-refractivity contribution in [2.75, 3.05) is 13.2 Å². The molecule has 5 heteroatoms. The number of benzene rings is 2. The third kappa shape index (κ3) is 4.29. The van der Waals surface area contributed by atoms with E-state index >= 15 is 0 Å². The largest absolute Gasteiger partial charge is 0.494 e. The predicted molar refractivity (Wildman–Crippen MR) is 126 cm³/mol. The quantitative estimate of drug-likeness (QED) is 0.391. The molecule has 5 nitrogen and oxygen atoms in total. The van der Waals surface area contributed by atoms with Crippen LogP contribution in [-0.2, 0) is 0 Å². The van der Waals surface area contributed by atoms with Crippen LogP contribution in [0.1, 0.15) is 74.2 Å².